The van der Waals surface area contributed by atoms with Crippen molar-refractivity contribution >= 4 is 6.03 Å². The van der Waals surface area contributed by atoms with E-state index in [9.17, 15) is 4.79 Å². The fraction of sp³-hybridized carbons (Fsp3) is 0.409. The van der Waals surface area contributed by atoms with Crippen LogP contribution in [0.4, 0.5) is 4.79 Å². The molecule has 144 valence electrons. The van der Waals surface area contributed by atoms with Crippen LogP contribution in [0.1, 0.15) is 18.4 Å². The van der Waals surface area contributed by atoms with E-state index in [1.54, 1.807) is 7.11 Å². The third-order valence-corrected chi connectivity index (χ3v) is 4.96. The van der Waals surface area contributed by atoms with E-state index in [1.807, 2.05) is 29.2 Å². The molecule has 0 aromatic heterocycles. The number of hydrogen-bond acceptors (Lipinski definition) is 3. The fourth-order valence-electron chi connectivity index (χ4n) is 3.42. The Hall–Kier alpha value is -2.69. The standard InChI is InChI=1S/C22H28N2O3/c1-26-20-8-5-9-21(17-20)27-15-12-23-22(25)24-13-10-19(11-14-24)16-18-6-3-2-4-7-18/h2-9,17,19H,10-16H2,1H3,(H,23,25). The van der Waals surface area contributed by atoms with Gasteiger partial charge in [-0.1, -0.05) is 36.4 Å². The number of piperidine rings is 1. The van der Waals surface area contributed by atoms with Crippen molar-refractivity contribution in [1.82, 2.24) is 10.2 Å². The topological polar surface area (TPSA) is 50.8 Å². The average molecular weight is 368 g/mol. The van der Waals surface area contributed by atoms with Crippen molar-refractivity contribution in [2.75, 3.05) is 33.4 Å². The number of likely N-dealkylation sites (tertiary alicyclic amines) is 1. The molecule has 2 aromatic carbocycles. The SMILES string of the molecule is COc1cccc(OCCNC(=O)N2CCC(Cc3ccccc3)CC2)c1. The molecule has 0 atom stereocenters. The lowest BCUT2D eigenvalue weighted by molar-refractivity contribution is 0.168. The molecule has 1 N–H and O–H groups in total. The third-order valence-electron chi connectivity index (χ3n) is 4.96. The molecule has 1 heterocycles. The number of hydrogen-bond donors (Lipinski definition) is 1. The zero-order valence-electron chi connectivity index (χ0n) is 15.9. The van der Waals surface area contributed by atoms with Crippen LogP contribution in [0.15, 0.2) is 54.6 Å². The van der Waals surface area contributed by atoms with Gasteiger partial charge >= 0.3 is 6.03 Å². The number of ether oxygens (including phenoxy) is 2. The molecule has 2 amide bonds. The Balaban J connectivity index is 1.33. The van der Waals surface area contributed by atoms with Crippen LogP contribution >= 0.6 is 0 Å². The van der Waals surface area contributed by atoms with Crippen LogP contribution in [0.2, 0.25) is 0 Å². The maximum Gasteiger partial charge on any atom is 0.317 e. The largest absolute Gasteiger partial charge is 0.497 e. The highest BCUT2D eigenvalue weighted by Crippen LogP contribution is 2.22. The van der Waals surface area contributed by atoms with Crippen molar-refractivity contribution in [1.29, 1.82) is 0 Å². The second-order valence-electron chi connectivity index (χ2n) is 6.88. The molecule has 1 aliphatic heterocycles. The van der Waals surface area contributed by atoms with E-state index in [2.05, 4.69) is 35.6 Å². The van der Waals surface area contributed by atoms with E-state index in [0.29, 0.717) is 19.1 Å². The summed E-state index contributed by atoms with van der Waals surface area (Å²) in [5.74, 6) is 2.16. The van der Waals surface area contributed by atoms with Gasteiger partial charge in [0.15, 0.2) is 0 Å². The number of rotatable bonds is 7. The highest BCUT2D eigenvalue weighted by Gasteiger charge is 2.22. The Morgan fingerprint density at radius 1 is 1.07 bits per heavy atom. The van der Waals surface area contributed by atoms with E-state index in [0.717, 1.165) is 43.9 Å². The lowest BCUT2D eigenvalue weighted by Gasteiger charge is -2.32. The Kier molecular flexibility index (Phi) is 6.97. The van der Waals surface area contributed by atoms with Gasteiger partial charge in [-0.25, -0.2) is 4.79 Å². The molecule has 0 aliphatic carbocycles. The van der Waals surface area contributed by atoms with Crippen molar-refractivity contribution in [3.8, 4) is 11.5 Å². The summed E-state index contributed by atoms with van der Waals surface area (Å²) in [4.78, 5) is 14.2. The maximum atomic E-state index is 12.3. The van der Waals surface area contributed by atoms with E-state index in [1.165, 1.54) is 5.56 Å². The van der Waals surface area contributed by atoms with Crippen LogP contribution in [0.5, 0.6) is 11.5 Å². The molecule has 3 rings (SSSR count). The third kappa shape index (κ3) is 5.91. The summed E-state index contributed by atoms with van der Waals surface area (Å²) in [7, 11) is 1.63. The van der Waals surface area contributed by atoms with Crippen molar-refractivity contribution in [3.05, 3.63) is 60.2 Å². The molecule has 27 heavy (non-hydrogen) atoms. The molecule has 1 aliphatic rings. The second kappa shape index (κ2) is 9.86. The highest BCUT2D eigenvalue weighted by molar-refractivity contribution is 5.74. The molecule has 1 fully saturated rings. The van der Waals surface area contributed by atoms with Gasteiger partial charge in [0.05, 0.1) is 13.7 Å². The van der Waals surface area contributed by atoms with Crippen molar-refractivity contribution in [2.24, 2.45) is 5.92 Å². The van der Waals surface area contributed by atoms with E-state index in [-0.39, 0.29) is 6.03 Å². The summed E-state index contributed by atoms with van der Waals surface area (Å²) < 4.78 is 10.8. The molecule has 5 nitrogen and oxygen atoms in total. The van der Waals surface area contributed by atoms with Crippen LogP contribution in [-0.4, -0.2) is 44.3 Å². The van der Waals surface area contributed by atoms with Crippen molar-refractivity contribution in [3.63, 3.8) is 0 Å². The van der Waals surface area contributed by atoms with Gasteiger partial charge in [0.2, 0.25) is 0 Å². The maximum absolute atomic E-state index is 12.3. The summed E-state index contributed by atoms with van der Waals surface area (Å²) >= 11 is 0. The monoisotopic (exact) mass is 368 g/mol. The zero-order valence-corrected chi connectivity index (χ0v) is 15.9. The Morgan fingerprint density at radius 3 is 2.56 bits per heavy atom. The minimum absolute atomic E-state index is 0.00223. The van der Waals surface area contributed by atoms with Gasteiger partial charge in [-0.2, -0.15) is 0 Å². The van der Waals surface area contributed by atoms with Gasteiger partial charge in [-0.3, -0.25) is 0 Å². The number of amides is 2. The highest BCUT2D eigenvalue weighted by atomic mass is 16.5. The van der Waals surface area contributed by atoms with Crippen LogP contribution in [-0.2, 0) is 6.42 Å². The number of nitrogens with zero attached hydrogens (tertiary/aromatic N) is 1. The first kappa shape index (κ1) is 19.1. The molecule has 0 radical (unpaired) electrons. The fourth-order valence-corrected chi connectivity index (χ4v) is 3.42. The summed E-state index contributed by atoms with van der Waals surface area (Å²) in [6.07, 6.45) is 3.22. The molecule has 0 unspecified atom stereocenters. The van der Waals surface area contributed by atoms with Crippen LogP contribution in [0.25, 0.3) is 0 Å². The van der Waals surface area contributed by atoms with Gasteiger partial charge in [0, 0.05) is 19.2 Å². The number of carbonyl (C=O) groups excluding carboxylic acids is 1. The Labute approximate surface area is 161 Å². The molecular formula is C22H28N2O3. The number of carbonyl (C=O) groups is 1. The molecule has 1 saturated heterocycles. The first-order chi connectivity index (χ1) is 13.2. The van der Waals surface area contributed by atoms with Gasteiger partial charge in [-0.15, -0.1) is 0 Å². The van der Waals surface area contributed by atoms with Gasteiger partial charge < -0.3 is 19.7 Å². The van der Waals surface area contributed by atoms with E-state index in [4.69, 9.17) is 9.47 Å². The number of methoxy groups -OCH3 is 1. The van der Waals surface area contributed by atoms with Gasteiger partial charge in [0.25, 0.3) is 0 Å². The summed E-state index contributed by atoms with van der Waals surface area (Å²) in [6.45, 7) is 2.56. The summed E-state index contributed by atoms with van der Waals surface area (Å²) in [5, 5.41) is 2.95. The minimum atomic E-state index is 0.00223. The quantitative estimate of drug-likeness (QED) is 0.758. The van der Waals surface area contributed by atoms with E-state index >= 15 is 0 Å². The van der Waals surface area contributed by atoms with Crippen molar-refractivity contribution < 1.29 is 14.3 Å². The first-order valence-corrected chi connectivity index (χ1v) is 9.58. The Morgan fingerprint density at radius 2 is 1.81 bits per heavy atom. The number of nitrogens with one attached hydrogen (secondary N) is 1. The van der Waals surface area contributed by atoms with Gasteiger partial charge in [-0.05, 0) is 42.9 Å². The molecule has 0 saturated carbocycles. The molecule has 2 aromatic rings. The zero-order chi connectivity index (χ0) is 18.9. The van der Waals surface area contributed by atoms with Crippen LogP contribution < -0.4 is 14.8 Å². The Bertz CT molecular complexity index is 713. The number of benzene rings is 2. The normalized spacial score (nSPS) is 14.6. The predicted molar refractivity (Wildman–Crippen MR) is 106 cm³/mol. The summed E-state index contributed by atoms with van der Waals surface area (Å²) in [5.41, 5.74) is 1.38. The summed E-state index contributed by atoms with van der Waals surface area (Å²) in [6, 6.07) is 18.1. The van der Waals surface area contributed by atoms with Crippen molar-refractivity contribution in [2.45, 2.75) is 19.3 Å². The van der Waals surface area contributed by atoms with Crippen LogP contribution in [0.3, 0.4) is 0 Å². The first-order valence-electron chi connectivity index (χ1n) is 9.58. The smallest absolute Gasteiger partial charge is 0.317 e. The number of urea groups is 1. The molecule has 0 bridgehead atoms. The average Bonchev–Trinajstić information content (AvgIpc) is 2.72. The lowest BCUT2D eigenvalue weighted by atomic mass is 9.90. The molecular weight excluding hydrogens is 340 g/mol. The van der Waals surface area contributed by atoms with Crippen LogP contribution in [0, 0.1) is 5.92 Å². The lowest BCUT2D eigenvalue weighted by Crippen LogP contribution is -2.45. The minimum Gasteiger partial charge on any atom is -0.497 e. The predicted octanol–water partition coefficient (Wildman–Crippen LogP) is 3.74. The second-order valence-corrected chi connectivity index (χ2v) is 6.88. The molecule has 0 spiro atoms. The van der Waals surface area contributed by atoms with Gasteiger partial charge in [0.1, 0.15) is 18.1 Å². The van der Waals surface area contributed by atoms with E-state index < -0.39 is 0 Å². The molecule has 5 heteroatoms.